The molecule has 0 amide bonds. The van der Waals surface area contributed by atoms with E-state index in [0.29, 0.717) is 29.4 Å². The highest BCUT2D eigenvalue weighted by Crippen LogP contribution is 2.30. The molecular weight excluding hydrogens is 578 g/mol. The van der Waals surface area contributed by atoms with Crippen LogP contribution in [0.2, 0.25) is 0 Å². The number of nitrogens with one attached hydrogen (secondary N) is 2. The van der Waals surface area contributed by atoms with E-state index in [1.807, 2.05) is 91.0 Å². The van der Waals surface area contributed by atoms with Crippen LogP contribution in [0.15, 0.2) is 109 Å². The topological polar surface area (TPSA) is 130 Å². The normalized spacial score (nSPS) is 12.9. The second kappa shape index (κ2) is 14.3. The minimum Gasteiger partial charge on any atom is -0.487 e. The molecule has 0 aliphatic rings. The van der Waals surface area contributed by atoms with Crippen LogP contribution in [0.5, 0.6) is 17.4 Å². The fourth-order valence-corrected chi connectivity index (χ4v) is 5.25. The van der Waals surface area contributed by atoms with Gasteiger partial charge in [0.25, 0.3) is 0 Å². The molecule has 44 heavy (non-hydrogen) atoms. The lowest BCUT2D eigenvalue weighted by Gasteiger charge is -2.21. The van der Waals surface area contributed by atoms with Gasteiger partial charge in [0.1, 0.15) is 18.1 Å². The van der Waals surface area contributed by atoms with Crippen molar-refractivity contribution in [1.29, 1.82) is 0 Å². The second-order valence-corrected chi connectivity index (χ2v) is 12.2. The van der Waals surface area contributed by atoms with Gasteiger partial charge in [-0.1, -0.05) is 66.7 Å². The summed E-state index contributed by atoms with van der Waals surface area (Å²) < 4.78 is 38.3. The summed E-state index contributed by atoms with van der Waals surface area (Å²) in [6, 6.07) is 33.3. The molecule has 0 fully saturated rings. The first-order chi connectivity index (χ1) is 21.3. The highest BCUT2D eigenvalue weighted by atomic mass is 32.2. The first kappa shape index (κ1) is 31.0. The Hall–Kier alpha value is -4.48. The molecule has 5 aromatic rings. The Morgan fingerprint density at radius 3 is 2.36 bits per heavy atom. The highest BCUT2D eigenvalue weighted by molar-refractivity contribution is 7.92. The summed E-state index contributed by atoms with van der Waals surface area (Å²) in [5.41, 5.74) is 3.50. The number of ether oxygens (including phenoxy) is 2. The van der Waals surface area contributed by atoms with Crippen molar-refractivity contribution in [3.63, 3.8) is 0 Å². The van der Waals surface area contributed by atoms with Crippen LogP contribution in [0.3, 0.4) is 0 Å². The van der Waals surface area contributed by atoms with Crippen LogP contribution in [0.1, 0.15) is 22.8 Å². The molecule has 4 N–H and O–H groups in total. The fraction of sp³-hybridized carbons (Fsp3) is 0.206. The number of aliphatic hydroxyl groups excluding tert-OH is 2. The average Bonchev–Trinajstić information content (AvgIpc) is 3.02. The van der Waals surface area contributed by atoms with Crippen LogP contribution in [-0.2, 0) is 23.1 Å². The number of pyridine rings is 1. The Kier molecular flexibility index (Phi) is 10.1. The van der Waals surface area contributed by atoms with Crippen molar-refractivity contribution in [3.8, 4) is 17.4 Å². The predicted molar refractivity (Wildman–Crippen MR) is 171 cm³/mol. The number of hydrogen-bond donors (Lipinski definition) is 4. The summed E-state index contributed by atoms with van der Waals surface area (Å²) in [5, 5.41) is 25.2. The fourth-order valence-electron chi connectivity index (χ4n) is 4.70. The zero-order chi connectivity index (χ0) is 30.9. The van der Waals surface area contributed by atoms with Crippen molar-refractivity contribution in [1.82, 2.24) is 10.3 Å². The van der Waals surface area contributed by atoms with Crippen LogP contribution in [-0.4, -0.2) is 49.1 Å². The standard InChI is InChI=1S/C34H35N3O6S/c1-44(40,41)37-31-20-27(13-17-33(31)42-23-25-7-3-2-4-8-25)32(39)21-35-28(22-38)19-24-11-15-29(16-12-24)43-34-18-14-26-9-5-6-10-30(26)36-34/h2-18,20,28,32,35,37-39H,19,21-23H2,1H3/t28?,32-/m0/s1. The molecule has 0 aliphatic heterocycles. The summed E-state index contributed by atoms with van der Waals surface area (Å²) in [5.74, 6) is 1.50. The first-order valence-electron chi connectivity index (χ1n) is 14.2. The Bertz CT molecular complexity index is 1780. The average molecular weight is 614 g/mol. The van der Waals surface area contributed by atoms with Gasteiger partial charge in [0.15, 0.2) is 0 Å². The highest BCUT2D eigenvalue weighted by Gasteiger charge is 2.17. The molecule has 0 spiro atoms. The Morgan fingerprint density at radius 2 is 1.61 bits per heavy atom. The molecule has 0 saturated heterocycles. The van der Waals surface area contributed by atoms with Gasteiger partial charge < -0.3 is 25.0 Å². The lowest BCUT2D eigenvalue weighted by Crippen LogP contribution is -2.37. The van der Waals surface area contributed by atoms with E-state index in [-0.39, 0.29) is 31.5 Å². The maximum Gasteiger partial charge on any atom is 0.229 e. The van der Waals surface area contributed by atoms with E-state index in [1.165, 1.54) is 0 Å². The number of fused-ring (bicyclic) bond motifs is 1. The molecule has 0 saturated carbocycles. The molecular formula is C34H35N3O6S. The lowest BCUT2D eigenvalue weighted by molar-refractivity contribution is 0.158. The van der Waals surface area contributed by atoms with Gasteiger partial charge in [-0.05, 0) is 59.5 Å². The van der Waals surface area contributed by atoms with Crippen LogP contribution in [0.25, 0.3) is 10.9 Å². The molecule has 0 bridgehead atoms. The van der Waals surface area contributed by atoms with Crippen molar-refractivity contribution in [2.24, 2.45) is 0 Å². The predicted octanol–water partition coefficient (Wildman–Crippen LogP) is 5.20. The zero-order valence-electron chi connectivity index (χ0n) is 24.3. The molecule has 228 valence electrons. The number of anilines is 1. The maximum atomic E-state index is 12.0. The van der Waals surface area contributed by atoms with Gasteiger partial charge in [0, 0.05) is 24.0 Å². The van der Waals surface area contributed by atoms with E-state index in [9.17, 15) is 18.6 Å². The largest absolute Gasteiger partial charge is 0.487 e. The number of aromatic nitrogens is 1. The third-order valence-corrected chi connectivity index (χ3v) is 7.53. The Balaban J connectivity index is 1.18. The maximum absolute atomic E-state index is 12.0. The minimum absolute atomic E-state index is 0.140. The summed E-state index contributed by atoms with van der Waals surface area (Å²) in [6.45, 7) is 0.260. The molecule has 1 unspecified atom stereocenters. The van der Waals surface area contributed by atoms with Crippen LogP contribution >= 0.6 is 0 Å². The molecule has 5 rings (SSSR count). The van der Waals surface area contributed by atoms with Gasteiger partial charge >= 0.3 is 0 Å². The Morgan fingerprint density at radius 1 is 0.864 bits per heavy atom. The lowest BCUT2D eigenvalue weighted by atomic mass is 10.0. The van der Waals surface area contributed by atoms with Crippen molar-refractivity contribution < 1.29 is 28.1 Å². The monoisotopic (exact) mass is 613 g/mol. The molecule has 0 radical (unpaired) electrons. The van der Waals surface area contributed by atoms with Gasteiger partial charge in [0.2, 0.25) is 15.9 Å². The van der Waals surface area contributed by atoms with E-state index in [0.717, 1.165) is 28.3 Å². The minimum atomic E-state index is -3.59. The summed E-state index contributed by atoms with van der Waals surface area (Å²) >= 11 is 0. The van der Waals surface area contributed by atoms with Gasteiger partial charge in [-0.25, -0.2) is 13.4 Å². The number of para-hydroxylation sites is 1. The number of nitrogens with zero attached hydrogens (tertiary/aromatic N) is 1. The van der Waals surface area contributed by atoms with Gasteiger partial charge in [-0.2, -0.15) is 0 Å². The van der Waals surface area contributed by atoms with E-state index in [2.05, 4.69) is 15.0 Å². The van der Waals surface area contributed by atoms with Crippen molar-refractivity contribution in [2.75, 3.05) is 24.1 Å². The summed E-state index contributed by atoms with van der Waals surface area (Å²) in [6.07, 6.45) is 0.617. The Labute approximate surface area is 257 Å². The van der Waals surface area contributed by atoms with Gasteiger partial charge in [-0.3, -0.25) is 4.72 Å². The van der Waals surface area contributed by atoms with E-state index < -0.39 is 16.1 Å². The van der Waals surface area contributed by atoms with E-state index >= 15 is 0 Å². The SMILES string of the molecule is CS(=O)(=O)Nc1cc([C@@H](O)CNC(CO)Cc2ccc(Oc3ccc4ccccc4n3)cc2)ccc1OCc1ccccc1. The van der Waals surface area contributed by atoms with Crippen molar-refractivity contribution >= 4 is 26.6 Å². The summed E-state index contributed by atoms with van der Waals surface area (Å²) in [7, 11) is -3.59. The van der Waals surface area contributed by atoms with E-state index in [4.69, 9.17) is 9.47 Å². The van der Waals surface area contributed by atoms with Crippen molar-refractivity contribution in [3.05, 3.63) is 126 Å². The van der Waals surface area contributed by atoms with Crippen LogP contribution in [0, 0.1) is 0 Å². The second-order valence-electron chi connectivity index (χ2n) is 10.5. The molecule has 4 aromatic carbocycles. The zero-order valence-corrected chi connectivity index (χ0v) is 25.1. The third-order valence-electron chi connectivity index (χ3n) is 6.94. The number of rotatable bonds is 14. The molecule has 1 aromatic heterocycles. The number of benzene rings is 4. The molecule has 0 aliphatic carbocycles. The quantitative estimate of drug-likeness (QED) is 0.134. The molecule has 9 nitrogen and oxygen atoms in total. The molecule has 1 heterocycles. The van der Waals surface area contributed by atoms with Gasteiger partial charge in [0.05, 0.1) is 30.2 Å². The molecule has 10 heteroatoms. The first-order valence-corrected chi connectivity index (χ1v) is 16.1. The summed E-state index contributed by atoms with van der Waals surface area (Å²) in [4.78, 5) is 4.54. The third kappa shape index (κ3) is 8.77. The molecule has 2 atom stereocenters. The number of hydrogen-bond acceptors (Lipinski definition) is 8. The number of aliphatic hydroxyl groups is 2. The van der Waals surface area contributed by atoms with Gasteiger partial charge in [-0.15, -0.1) is 0 Å². The smallest absolute Gasteiger partial charge is 0.229 e. The number of sulfonamides is 1. The van der Waals surface area contributed by atoms with E-state index in [1.54, 1.807) is 18.2 Å². The van der Waals surface area contributed by atoms with Crippen molar-refractivity contribution in [2.45, 2.75) is 25.2 Å². The van der Waals surface area contributed by atoms with Crippen LogP contribution in [0.4, 0.5) is 5.69 Å². The van der Waals surface area contributed by atoms with Crippen LogP contribution < -0.4 is 19.5 Å².